The van der Waals surface area contributed by atoms with E-state index in [1.54, 1.807) is 0 Å². The summed E-state index contributed by atoms with van der Waals surface area (Å²) in [5, 5.41) is 0.699. The number of rotatable bonds is 5. The van der Waals surface area contributed by atoms with Crippen molar-refractivity contribution in [1.29, 1.82) is 0 Å². The molecular formula is C16H16ClNO3. The van der Waals surface area contributed by atoms with Gasteiger partial charge in [-0.05, 0) is 35.4 Å². The van der Waals surface area contributed by atoms with Crippen molar-refractivity contribution in [1.82, 2.24) is 0 Å². The second-order valence-corrected chi connectivity index (χ2v) is 5.21. The van der Waals surface area contributed by atoms with E-state index < -0.39 is 0 Å². The number of nitrogens with two attached hydrogens (primary N) is 1. The van der Waals surface area contributed by atoms with Crippen LogP contribution in [0.2, 0.25) is 5.02 Å². The molecule has 2 N–H and O–H groups in total. The Morgan fingerprint density at radius 3 is 2.62 bits per heavy atom. The fourth-order valence-electron chi connectivity index (χ4n) is 2.21. The van der Waals surface area contributed by atoms with Gasteiger partial charge in [-0.1, -0.05) is 29.8 Å². The van der Waals surface area contributed by atoms with Crippen LogP contribution in [0.25, 0.3) is 0 Å². The SMILES string of the molecule is NCC(OCc1ccc2c(c1)OCO2)c1ccc(Cl)cc1. The zero-order chi connectivity index (χ0) is 14.7. The average Bonchev–Trinajstić information content (AvgIpc) is 2.97. The zero-order valence-corrected chi connectivity index (χ0v) is 12.2. The molecule has 0 aromatic heterocycles. The monoisotopic (exact) mass is 305 g/mol. The van der Waals surface area contributed by atoms with Crippen LogP contribution in [-0.4, -0.2) is 13.3 Å². The van der Waals surface area contributed by atoms with Crippen molar-refractivity contribution in [3.05, 3.63) is 58.6 Å². The molecule has 0 radical (unpaired) electrons. The van der Waals surface area contributed by atoms with Crippen LogP contribution in [0.3, 0.4) is 0 Å². The Morgan fingerprint density at radius 1 is 1.10 bits per heavy atom. The lowest BCUT2D eigenvalue weighted by molar-refractivity contribution is 0.0456. The number of hydrogen-bond donors (Lipinski definition) is 1. The highest BCUT2D eigenvalue weighted by atomic mass is 35.5. The fraction of sp³-hybridized carbons (Fsp3) is 0.250. The summed E-state index contributed by atoms with van der Waals surface area (Å²) in [6.07, 6.45) is -0.160. The summed E-state index contributed by atoms with van der Waals surface area (Å²) in [6.45, 7) is 1.14. The third kappa shape index (κ3) is 3.29. The summed E-state index contributed by atoms with van der Waals surface area (Å²) in [5.41, 5.74) is 7.83. The largest absolute Gasteiger partial charge is 0.454 e. The maximum atomic E-state index is 5.90. The lowest BCUT2D eigenvalue weighted by atomic mass is 10.1. The molecule has 1 aliphatic rings. The second kappa shape index (κ2) is 6.35. The summed E-state index contributed by atoms with van der Waals surface area (Å²) in [5.74, 6) is 1.53. The van der Waals surface area contributed by atoms with Crippen LogP contribution in [0.15, 0.2) is 42.5 Å². The first-order valence-electron chi connectivity index (χ1n) is 6.72. The summed E-state index contributed by atoms with van der Waals surface area (Å²) >= 11 is 5.89. The molecular weight excluding hydrogens is 290 g/mol. The molecule has 1 atom stereocenters. The smallest absolute Gasteiger partial charge is 0.231 e. The molecule has 0 bridgehead atoms. The van der Waals surface area contributed by atoms with Gasteiger partial charge in [-0.3, -0.25) is 0 Å². The van der Waals surface area contributed by atoms with Crippen LogP contribution in [0, 0.1) is 0 Å². The third-order valence-corrected chi connectivity index (χ3v) is 3.60. The van der Waals surface area contributed by atoms with Crippen molar-refractivity contribution < 1.29 is 14.2 Å². The highest BCUT2D eigenvalue weighted by Crippen LogP contribution is 2.33. The number of benzene rings is 2. The van der Waals surface area contributed by atoms with Gasteiger partial charge in [-0.25, -0.2) is 0 Å². The maximum Gasteiger partial charge on any atom is 0.231 e. The number of ether oxygens (including phenoxy) is 3. The van der Waals surface area contributed by atoms with Gasteiger partial charge in [0.1, 0.15) is 0 Å². The minimum Gasteiger partial charge on any atom is -0.454 e. The first-order chi connectivity index (χ1) is 10.3. The molecule has 21 heavy (non-hydrogen) atoms. The fourth-order valence-corrected chi connectivity index (χ4v) is 2.33. The van der Waals surface area contributed by atoms with E-state index in [4.69, 9.17) is 31.5 Å². The van der Waals surface area contributed by atoms with Gasteiger partial charge in [0, 0.05) is 11.6 Å². The molecule has 110 valence electrons. The van der Waals surface area contributed by atoms with E-state index in [1.165, 1.54) is 0 Å². The van der Waals surface area contributed by atoms with Crippen molar-refractivity contribution in [3.8, 4) is 11.5 Å². The topological polar surface area (TPSA) is 53.7 Å². The van der Waals surface area contributed by atoms with E-state index >= 15 is 0 Å². The van der Waals surface area contributed by atoms with Crippen molar-refractivity contribution in [2.24, 2.45) is 5.73 Å². The van der Waals surface area contributed by atoms with Crippen LogP contribution in [0.1, 0.15) is 17.2 Å². The van der Waals surface area contributed by atoms with E-state index in [1.807, 2.05) is 42.5 Å². The summed E-state index contributed by atoms with van der Waals surface area (Å²) in [6, 6.07) is 13.3. The molecule has 1 aliphatic heterocycles. The van der Waals surface area contributed by atoms with Gasteiger partial charge in [0.05, 0.1) is 12.7 Å². The molecule has 0 spiro atoms. The minimum atomic E-state index is -0.160. The maximum absolute atomic E-state index is 5.90. The molecule has 0 saturated heterocycles. The highest BCUT2D eigenvalue weighted by molar-refractivity contribution is 6.30. The first kappa shape index (κ1) is 14.2. The van der Waals surface area contributed by atoms with Crippen molar-refractivity contribution >= 4 is 11.6 Å². The van der Waals surface area contributed by atoms with E-state index in [-0.39, 0.29) is 12.9 Å². The van der Waals surface area contributed by atoms with Crippen molar-refractivity contribution in [2.45, 2.75) is 12.7 Å². The Balaban J connectivity index is 1.66. The molecule has 0 amide bonds. The summed E-state index contributed by atoms with van der Waals surface area (Å²) in [7, 11) is 0. The standard InChI is InChI=1S/C16H16ClNO3/c17-13-4-2-12(3-5-13)16(8-18)19-9-11-1-6-14-15(7-11)21-10-20-14/h1-7,16H,8-10,18H2. The van der Waals surface area contributed by atoms with Crippen LogP contribution < -0.4 is 15.2 Å². The lowest BCUT2D eigenvalue weighted by Gasteiger charge is -2.16. The molecule has 4 nitrogen and oxygen atoms in total. The zero-order valence-electron chi connectivity index (χ0n) is 11.4. The molecule has 0 aliphatic carbocycles. The molecule has 1 unspecified atom stereocenters. The molecule has 5 heteroatoms. The highest BCUT2D eigenvalue weighted by Gasteiger charge is 2.15. The molecule has 2 aromatic carbocycles. The Morgan fingerprint density at radius 2 is 1.86 bits per heavy atom. The number of fused-ring (bicyclic) bond motifs is 1. The van der Waals surface area contributed by atoms with Gasteiger partial charge in [0.2, 0.25) is 6.79 Å². The van der Waals surface area contributed by atoms with Gasteiger partial charge >= 0.3 is 0 Å². The van der Waals surface area contributed by atoms with Crippen LogP contribution >= 0.6 is 11.6 Å². The predicted octanol–water partition coefficient (Wildman–Crippen LogP) is 3.29. The van der Waals surface area contributed by atoms with Crippen LogP contribution in [0.5, 0.6) is 11.5 Å². The molecule has 1 heterocycles. The summed E-state index contributed by atoms with van der Waals surface area (Å²) in [4.78, 5) is 0. The van der Waals surface area contributed by atoms with Gasteiger partial charge in [0.15, 0.2) is 11.5 Å². The quantitative estimate of drug-likeness (QED) is 0.921. The van der Waals surface area contributed by atoms with Gasteiger partial charge in [-0.2, -0.15) is 0 Å². The minimum absolute atomic E-state index is 0.160. The van der Waals surface area contributed by atoms with E-state index in [0.29, 0.717) is 18.2 Å². The van der Waals surface area contributed by atoms with E-state index in [0.717, 1.165) is 22.6 Å². The second-order valence-electron chi connectivity index (χ2n) is 4.77. The Bertz CT molecular complexity index is 615. The molecule has 3 rings (SSSR count). The number of hydrogen-bond acceptors (Lipinski definition) is 4. The van der Waals surface area contributed by atoms with Gasteiger partial charge in [-0.15, -0.1) is 0 Å². The van der Waals surface area contributed by atoms with Crippen molar-refractivity contribution in [3.63, 3.8) is 0 Å². The Labute approximate surface area is 128 Å². The predicted molar refractivity (Wildman–Crippen MR) is 80.6 cm³/mol. The number of halogens is 1. The van der Waals surface area contributed by atoms with Crippen LogP contribution in [-0.2, 0) is 11.3 Å². The van der Waals surface area contributed by atoms with E-state index in [9.17, 15) is 0 Å². The normalized spacial score (nSPS) is 14.2. The first-order valence-corrected chi connectivity index (χ1v) is 7.10. The molecule has 0 saturated carbocycles. The van der Waals surface area contributed by atoms with Gasteiger partial charge < -0.3 is 19.9 Å². The Hall–Kier alpha value is -1.75. The average molecular weight is 306 g/mol. The van der Waals surface area contributed by atoms with Crippen molar-refractivity contribution in [2.75, 3.05) is 13.3 Å². The lowest BCUT2D eigenvalue weighted by Crippen LogP contribution is -2.15. The Kier molecular flexibility index (Phi) is 4.29. The summed E-state index contributed by atoms with van der Waals surface area (Å²) < 4.78 is 16.5. The third-order valence-electron chi connectivity index (χ3n) is 3.34. The van der Waals surface area contributed by atoms with Crippen LogP contribution in [0.4, 0.5) is 0 Å². The molecule has 0 fully saturated rings. The van der Waals surface area contributed by atoms with E-state index in [2.05, 4.69) is 0 Å². The molecule has 2 aromatic rings. The van der Waals surface area contributed by atoms with Gasteiger partial charge in [0.25, 0.3) is 0 Å².